The van der Waals surface area contributed by atoms with Gasteiger partial charge >= 0.3 is 0 Å². The van der Waals surface area contributed by atoms with Crippen molar-refractivity contribution in [3.8, 4) is 0 Å². The van der Waals surface area contributed by atoms with Crippen LogP contribution in [0.5, 0.6) is 0 Å². The first-order valence-electron chi connectivity index (χ1n) is 18.8. The molecule has 0 saturated carbocycles. The maximum atomic E-state index is 4.19. The minimum atomic E-state index is 0.282. The van der Waals surface area contributed by atoms with Gasteiger partial charge in [-0.15, -0.1) is 11.8 Å². The van der Waals surface area contributed by atoms with Gasteiger partial charge in [0.15, 0.2) is 0 Å². The molecule has 47 heavy (non-hydrogen) atoms. The smallest absolute Gasteiger partial charge is 0.0646 e. The number of thioether (sulfide) groups is 1. The molecular weight excluding hydrogens is 589 g/mol. The van der Waals surface area contributed by atoms with Gasteiger partial charge in [-0.25, -0.2) is 0 Å². The van der Waals surface area contributed by atoms with E-state index < -0.39 is 0 Å². The van der Waals surface area contributed by atoms with Crippen molar-refractivity contribution >= 4 is 11.8 Å². The number of nitrogens with one attached hydrogen (secondary N) is 2. The molecule has 0 amide bonds. The third-order valence-electron chi connectivity index (χ3n) is 13.4. The normalized spacial score (nSPS) is 39.7. The van der Waals surface area contributed by atoms with Gasteiger partial charge < -0.3 is 0 Å². The molecule has 10 atom stereocenters. The summed E-state index contributed by atoms with van der Waals surface area (Å²) in [4.78, 5) is 1.76. The van der Waals surface area contributed by atoms with E-state index in [-0.39, 0.29) is 6.17 Å². The molecule has 8 aliphatic rings. The molecule has 2 aliphatic heterocycles. The van der Waals surface area contributed by atoms with Crippen LogP contribution in [-0.2, 0) is 6.42 Å². The summed E-state index contributed by atoms with van der Waals surface area (Å²) >= 11 is 2.26. The number of hydrogen-bond donors (Lipinski definition) is 2. The molecule has 6 aliphatic carbocycles. The molecule has 1 saturated heterocycles. The van der Waals surface area contributed by atoms with Gasteiger partial charge in [-0.3, -0.25) is 10.6 Å². The largest absolute Gasteiger partial charge is 0.298 e. The highest BCUT2D eigenvalue weighted by atomic mass is 32.2. The maximum Gasteiger partial charge on any atom is 0.0646 e. The molecule has 244 valence electrons. The van der Waals surface area contributed by atoms with Gasteiger partial charge in [-0.2, -0.15) is 0 Å². The Morgan fingerprint density at radius 3 is 2.55 bits per heavy atom. The minimum Gasteiger partial charge on any atom is -0.298 e. The third-order valence-corrected chi connectivity index (χ3v) is 15.0. The molecule has 2 nitrogen and oxygen atoms in total. The lowest BCUT2D eigenvalue weighted by atomic mass is 9.63. The van der Waals surface area contributed by atoms with E-state index >= 15 is 0 Å². The van der Waals surface area contributed by atoms with Crippen molar-refractivity contribution in [2.75, 3.05) is 0 Å². The minimum absolute atomic E-state index is 0.282. The van der Waals surface area contributed by atoms with Crippen LogP contribution in [0, 0.1) is 35.0 Å². The topological polar surface area (TPSA) is 24.1 Å². The predicted octanol–water partition coefficient (Wildman–Crippen LogP) is 10.2. The molecule has 0 radical (unpaired) electrons. The van der Waals surface area contributed by atoms with E-state index in [9.17, 15) is 0 Å². The van der Waals surface area contributed by atoms with Crippen molar-refractivity contribution in [3.05, 3.63) is 130 Å². The van der Waals surface area contributed by atoms with E-state index in [1.807, 2.05) is 5.57 Å². The Balaban J connectivity index is 0.942. The summed E-state index contributed by atoms with van der Waals surface area (Å²) < 4.78 is 0. The number of benzene rings is 1. The fourth-order valence-corrected chi connectivity index (χ4v) is 12.6. The SMILES string of the molecule is CC1(C)C2=C(CCC(C3=CC=CC(C4CC(c5ccc6c(c5)CC5C=CC=CC65)NC(C5C=CC=CC5)N4)C3)C2)SC2CC=CCC21. The van der Waals surface area contributed by atoms with Crippen molar-refractivity contribution in [3.63, 3.8) is 0 Å². The Kier molecular flexibility index (Phi) is 8.03. The van der Waals surface area contributed by atoms with E-state index in [1.165, 1.54) is 50.5 Å². The maximum absolute atomic E-state index is 4.19. The average Bonchev–Trinajstić information content (AvgIpc) is 3.50. The Bertz CT molecular complexity index is 1650. The van der Waals surface area contributed by atoms with Crippen LogP contribution in [0.3, 0.4) is 0 Å². The second kappa shape index (κ2) is 12.4. The molecule has 2 N–H and O–H groups in total. The van der Waals surface area contributed by atoms with Crippen molar-refractivity contribution in [2.24, 2.45) is 35.0 Å². The summed E-state index contributed by atoms with van der Waals surface area (Å²) in [5, 5.41) is 9.10. The molecule has 1 aromatic rings. The summed E-state index contributed by atoms with van der Waals surface area (Å²) in [5.41, 5.74) is 8.44. The van der Waals surface area contributed by atoms with Crippen molar-refractivity contribution in [2.45, 2.75) is 101 Å². The van der Waals surface area contributed by atoms with Crippen molar-refractivity contribution in [1.82, 2.24) is 10.6 Å². The Hall–Kier alpha value is -2.59. The predicted molar refractivity (Wildman–Crippen MR) is 199 cm³/mol. The Morgan fingerprint density at radius 2 is 1.64 bits per heavy atom. The molecule has 0 spiro atoms. The molecule has 1 aromatic carbocycles. The lowest BCUT2D eigenvalue weighted by Gasteiger charge is -2.50. The van der Waals surface area contributed by atoms with Gasteiger partial charge in [0.1, 0.15) is 0 Å². The Morgan fingerprint density at radius 1 is 0.787 bits per heavy atom. The fraction of sp³-hybridized carbons (Fsp3) is 0.500. The Labute approximate surface area is 287 Å². The van der Waals surface area contributed by atoms with E-state index in [4.69, 9.17) is 0 Å². The van der Waals surface area contributed by atoms with Crippen LogP contribution in [0.1, 0.15) is 93.9 Å². The molecule has 0 aromatic heterocycles. The van der Waals surface area contributed by atoms with E-state index in [0.29, 0.717) is 47.1 Å². The van der Waals surface area contributed by atoms with Gasteiger partial charge in [0.2, 0.25) is 0 Å². The van der Waals surface area contributed by atoms with Crippen LogP contribution >= 0.6 is 11.8 Å². The number of fused-ring (bicyclic) bond motifs is 4. The van der Waals surface area contributed by atoms with E-state index in [2.05, 4.69) is 133 Å². The van der Waals surface area contributed by atoms with Crippen molar-refractivity contribution < 1.29 is 0 Å². The molecule has 2 heterocycles. The van der Waals surface area contributed by atoms with Gasteiger partial charge in [0.25, 0.3) is 0 Å². The van der Waals surface area contributed by atoms with Crippen LogP contribution in [0.25, 0.3) is 0 Å². The van der Waals surface area contributed by atoms with Crippen LogP contribution in [-0.4, -0.2) is 17.5 Å². The second-order valence-electron chi connectivity index (χ2n) is 16.3. The molecule has 0 bridgehead atoms. The lowest BCUT2D eigenvalue weighted by Crippen LogP contribution is -2.59. The van der Waals surface area contributed by atoms with Crippen LogP contribution in [0.2, 0.25) is 0 Å². The standard InChI is InChI=1S/C44H52N2S/c1-44(2)37-17-8-9-18-41(37)47-42-22-20-30(26-38(42)44)29-14-10-15-32(23-29)39-27-40(46-43(45-39)28-11-4-3-5-12-28)33-19-21-36-34(25-33)24-31-13-6-7-16-35(31)36/h3-11,13-16,19,21,25,28,30-32,35,37,39-41,43,45-46H,12,17-18,20,22-24,26-27H2,1-2H3. The first-order valence-corrected chi connectivity index (χ1v) is 19.6. The van der Waals surface area contributed by atoms with Gasteiger partial charge in [-0.1, -0.05) is 122 Å². The van der Waals surface area contributed by atoms with Gasteiger partial charge in [-0.05, 0) is 108 Å². The quantitative estimate of drug-likeness (QED) is 0.320. The molecule has 9 rings (SSSR count). The van der Waals surface area contributed by atoms with E-state index in [1.54, 1.807) is 21.6 Å². The fourth-order valence-electron chi connectivity index (χ4n) is 10.7. The first kappa shape index (κ1) is 30.5. The zero-order valence-corrected chi connectivity index (χ0v) is 29.1. The zero-order valence-electron chi connectivity index (χ0n) is 28.3. The molecule has 1 fully saturated rings. The molecule has 10 unspecified atom stereocenters. The lowest BCUT2D eigenvalue weighted by molar-refractivity contribution is 0.177. The first-order chi connectivity index (χ1) is 23.0. The molecular formula is C44H52N2S. The van der Waals surface area contributed by atoms with Gasteiger partial charge in [0, 0.05) is 29.2 Å². The van der Waals surface area contributed by atoms with Crippen LogP contribution < -0.4 is 10.6 Å². The number of hydrogen-bond acceptors (Lipinski definition) is 3. The highest BCUT2D eigenvalue weighted by Gasteiger charge is 2.46. The van der Waals surface area contributed by atoms with Crippen molar-refractivity contribution in [1.29, 1.82) is 0 Å². The van der Waals surface area contributed by atoms with Crippen LogP contribution in [0.15, 0.2) is 113 Å². The number of allylic oxidation sites excluding steroid dienone is 14. The average molecular weight is 641 g/mol. The van der Waals surface area contributed by atoms with E-state index in [0.717, 1.165) is 24.0 Å². The monoisotopic (exact) mass is 640 g/mol. The third kappa shape index (κ3) is 5.59. The summed E-state index contributed by atoms with van der Waals surface area (Å²) in [7, 11) is 0. The van der Waals surface area contributed by atoms with Gasteiger partial charge in [0.05, 0.1) is 6.17 Å². The summed E-state index contributed by atoms with van der Waals surface area (Å²) in [6.07, 6.45) is 42.2. The molecule has 3 heteroatoms. The zero-order chi connectivity index (χ0) is 31.5. The summed E-state index contributed by atoms with van der Waals surface area (Å²) in [6, 6.07) is 8.30. The van der Waals surface area contributed by atoms with Crippen LogP contribution in [0.4, 0.5) is 0 Å². The summed E-state index contributed by atoms with van der Waals surface area (Å²) in [5.74, 6) is 3.69. The highest BCUT2D eigenvalue weighted by Crippen LogP contribution is 2.59. The summed E-state index contributed by atoms with van der Waals surface area (Å²) in [6.45, 7) is 5.15. The second-order valence-corrected chi connectivity index (χ2v) is 17.6. The number of rotatable bonds is 4. The highest BCUT2D eigenvalue weighted by molar-refractivity contribution is 8.03.